The van der Waals surface area contributed by atoms with Gasteiger partial charge in [-0.3, -0.25) is 0 Å². The van der Waals surface area contributed by atoms with Gasteiger partial charge in [0.05, 0.1) is 22.9 Å². The van der Waals surface area contributed by atoms with Gasteiger partial charge in [-0.1, -0.05) is 194 Å². The molecule has 0 N–H and O–H groups in total. The number of rotatable bonds is 8. The van der Waals surface area contributed by atoms with E-state index in [-0.39, 0.29) is 12.0 Å². The fourth-order valence-electron chi connectivity index (χ4n) is 8.95. The average molecular weight is 779 g/mol. The van der Waals surface area contributed by atoms with Gasteiger partial charge in [-0.15, -0.1) is 4.58 Å². The van der Waals surface area contributed by atoms with Crippen LogP contribution in [0.15, 0.2) is 224 Å². The van der Waals surface area contributed by atoms with E-state index in [9.17, 15) is 0 Å². The molecule has 2 aliphatic rings. The summed E-state index contributed by atoms with van der Waals surface area (Å²) in [5.74, 6) is 4.72. The van der Waals surface area contributed by atoms with Crippen molar-refractivity contribution in [2.45, 2.75) is 12.0 Å². The molecule has 0 bridgehead atoms. The molecule has 3 heterocycles. The van der Waals surface area contributed by atoms with Gasteiger partial charge in [0.25, 0.3) is 0 Å². The van der Waals surface area contributed by atoms with Gasteiger partial charge < -0.3 is 0 Å². The van der Waals surface area contributed by atoms with Crippen molar-refractivity contribution >= 4 is 23.2 Å². The van der Waals surface area contributed by atoms with Gasteiger partial charge >= 0.3 is 0 Å². The first-order valence-electron chi connectivity index (χ1n) is 20.9. The summed E-state index contributed by atoms with van der Waals surface area (Å²) >= 11 is 0. The van der Waals surface area contributed by atoms with Gasteiger partial charge in [-0.05, 0) is 69.3 Å². The zero-order chi connectivity index (χ0) is 40.5. The van der Waals surface area contributed by atoms with Crippen LogP contribution in [0.1, 0.15) is 39.8 Å². The summed E-state index contributed by atoms with van der Waals surface area (Å²) in [4.78, 5) is 10.3. The highest BCUT2D eigenvalue weighted by molar-refractivity contribution is 5.96. The Hall–Kier alpha value is -7.97. The molecule has 3 heteroatoms. The number of aromatic nitrogens is 2. The molecule has 9 aromatic rings. The monoisotopic (exact) mass is 778 g/mol. The highest BCUT2D eigenvalue weighted by atomic mass is 15.1. The first-order chi connectivity index (χ1) is 30.2. The smallest absolute Gasteiger partial charge is 0.223 e. The standard InChI is InChI=1S/C58H40N3/c1-6-17-40(18-7-1)41-29-31-43(32-30-41)53-38-54(60-58(59-53)46-25-14-5-15-26-46)49-28-16-27-47(35-49)48-33-34-51-50(36-48)37-55(44-21-10-3-11-22-44)61-39-52(42-19-8-2-9-20-42)56(57(51)61)45-23-12-4-13-24-45/h1-38,56-57H/q+1. The van der Waals surface area contributed by atoms with Crippen LogP contribution in [0.4, 0.5) is 0 Å². The van der Waals surface area contributed by atoms with Crippen molar-refractivity contribution in [3.8, 4) is 56.2 Å². The van der Waals surface area contributed by atoms with Crippen LogP contribution in [-0.2, 0) is 0 Å². The van der Waals surface area contributed by atoms with E-state index in [0.29, 0.717) is 5.82 Å². The first-order valence-corrected chi connectivity index (χ1v) is 20.9. The predicted molar refractivity (Wildman–Crippen MR) is 251 cm³/mol. The Labute approximate surface area is 356 Å². The Balaban J connectivity index is 1.01. The summed E-state index contributed by atoms with van der Waals surface area (Å²) in [7, 11) is 0. The number of benzene rings is 8. The summed E-state index contributed by atoms with van der Waals surface area (Å²) in [6, 6.07) is 79.8. The minimum atomic E-state index is 0.0332. The zero-order valence-corrected chi connectivity index (χ0v) is 33.4. The van der Waals surface area contributed by atoms with E-state index in [1.54, 1.807) is 0 Å². The lowest BCUT2D eigenvalue weighted by molar-refractivity contribution is -0.474. The lowest BCUT2D eigenvalue weighted by Crippen LogP contribution is -2.23. The van der Waals surface area contributed by atoms with Crippen molar-refractivity contribution in [2.24, 2.45) is 0 Å². The first kappa shape index (κ1) is 36.1. The fourth-order valence-corrected chi connectivity index (χ4v) is 8.95. The third-order valence-corrected chi connectivity index (χ3v) is 12.0. The van der Waals surface area contributed by atoms with Crippen molar-refractivity contribution in [1.82, 2.24) is 9.97 Å². The molecule has 11 rings (SSSR count). The van der Waals surface area contributed by atoms with Gasteiger partial charge in [-0.25, -0.2) is 9.97 Å². The van der Waals surface area contributed by atoms with Crippen LogP contribution in [0.25, 0.3) is 73.5 Å². The number of nitrogens with zero attached hydrogens (tertiary/aromatic N) is 3. The molecule has 3 nitrogen and oxygen atoms in total. The van der Waals surface area contributed by atoms with E-state index in [4.69, 9.17) is 9.97 Å². The fraction of sp³-hybridized carbons (Fsp3) is 0.0345. The van der Waals surface area contributed by atoms with E-state index in [1.165, 1.54) is 44.5 Å². The molecule has 2 atom stereocenters. The summed E-state index contributed by atoms with van der Waals surface area (Å²) in [5, 5.41) is 0. The molecule has 286 valence electrons. The van der Waals surface area contributed by atoms with Crippen LogP contribution in [0.5, 0.6) is 0 Å². The van der Waals surface area contributed by atoms with E-state index < -0.39 is 0 Å². The molecule has 1 aromatic heterocycles. The second-order valence-electron chi connectivity index (χ2n) is 15.7. The third-order valence-electron chi connectivity index (χ3n) is 12.0. The van der Waals surface area contributed by atoms with E-state index >= 15 is 0 Å². The Morgan fingerprint density at radius 1 is 0.377 bits per heavy atom. The van der Waals surface area contributed by atoms with Crippen molar-refractivity contribution in [3.05, 3.63) is 252 Å². The number of fused-ring (bicyclic) bond motifs is 3. The van der Waals surface area contributed by atoms with Crippen LogP contribution in [0.3, 0.4) is 0 Å². The number of hydrogen-bond acceptors (Lipinski definition) is 2. The van der Waals surface area contributed by atoms with E-state index in [1.807, 2.05) is 24.3 Å². The third kappa shape index (κ3) is 6.94. The van der Waals surface area contributed by atoms with Crippen molar-refractivity contribution in [3.63, 3.8) is 0 Å². The molecule has 0 radical (unpaired) electrons. The van der Waals surface area contributed by atoms with Crippen LogP contribution >= 0.6 is 0 Å². The lowest BCUT2D eigenvalue weighted by Gasteiger charge is -2.26. The molecule has 0 amide bonds. The lowest BCUT2D eigenvalue weighted by atomic mass is 9.78. The van der Waals surface area contributed by atoms with Crippen molar-refractivity contribution in [1.29, 1.82) is 0 Å². The molecule has 8 aromatic carbocycles. The maximum atomic E-state index is 5.18. The second-order valence-corrected chi connectivity index (χ2v) is 15.7. The Kier molecular flexibility index (Phi) is 9.27. The zero-order valence-electron chi connectivity index (χ0n) is 33.4. The molecule has 0 saturated heterocycles. The van der Waals surface area contributed by atoms with Gasteiger partial charge in [-0.2, -0.15) is 0 Å². The minimum absolute atomic E-state index is 0.0332. The average Bonchev–Trinajstić information content (AvgIpc) is 3.76. The minimum Gasteiger partial charge on any atom is -0.228 e. The summed E-state index contributed by atoms with van der Waals surface area (Å²) in [6.45, 7) is 0. The topological polar surface area (TPSA) is 28.8 Å². The SMILES string of the molecule is C1=C(c2ccccc2)C(c2ccccc2)C2c3ccc(-c4cccc(-c5cc(-c6ccc(-c7ccccc7)cc6)nc(-c6ccccc6)n5)c4)cc3C=C(c3ccccc3)[N+]=12. The maximum Gasteiger partial charge on any atom is 0.223 e. The molecule has 2 aliphatic heterocycles. The van der Waals surface area contributed by atoms with Gasteiger partial charge in [0.15, 0.2) is 11.7 Å². The normalized spacial score (nSPS) is 15.2. The van der Waals surface area contributed by atoms with Crippen molar-refractivity contribution in [2.75, 3.05) is 0 Å². The molecule has 0 spiro atoms. The largest absolute Gasteiger partial charge is 0.228 e. The highest BCUT2D eigenvalue weighted by Crippen LogP contribution is 2.51. The molecule has 0 saturated carbocycles. The molecular weight excluding hydrogens is 739 g/mol. The molecule has 0 aliphatic carbocycles. The predicted octanol–water partition coefficient (Wildman–Crippen LogP) is 13.9. The summed E-state index contributed by atoms with van der Waals surface area (Å²) in [5.41, 5.74) is 18.0. The second kappa shape index (κ2) is 15.7. The van der Waals surface area contributed by atoms with Crippen LogP contribution < -0.4 is 0 Å². The van der Waals surface area contributed by atoms with E-state index in [0.717, 1.165) is 44.9 Å². The van der Waals surface area contributed by atoms with Gasteiger partial charge in [0.2, 0.25) is 11.7 Å². The Morgan fingerprint density at radius 2 is 0.869 bits per heavy atom. The quantitative estimate of drug-likeness (QED) is 0.144. The number of hydrogen-bond donors (Lipinski definition) is 0. The van der Waals surface area contributed by atoms with Crippen molar-refractivity contribution < 1.29 is 4.58 Å². The van der Waals surface area contributed by atoms with Crippen LogP contribution in [0, 0.1) is 0 Å². The molecule has 0 fully saturated rings. The maximum absolute atomic E-state index is 5.18. The molecule has 61 heavy (non-hydrogen) atoms. The molecular formula is C58H40N3+. The Bertz CT molecular complexity index is 3130. The van der Waals surface area contributed by atoms with Gasteiger partial charge in [0, 0.05) is 33.9 Å². The van der Waals surface area contributed by atoms with Crippen LogP contribution in [0.2, 0.25) is 0 Å². The summed E-state index contributed by atoms with van der Waals surface area (Å²) in [6.07, 6.45) is 2.35. The molecule has 2 unspecified atom stereocenters. The van der Waals surface area contributed by atoms with Gasteiger partial charge in [0.1, 0.15) is 0 Å². The Morgan fingerprint density at radius 3 is 1.54 bits per heavy atom. The van der Waals surface area contributed by atoms with Crippen LogP contribution in [-0.4, -0.2) is 20.4 Å². The summed E-state index contributed by atoms with van der Waals surface area (Å²) < 4.78 is 2.39. The highest BCUT2D eigenvalue weighted by Gasteiger charge is 2.47. The van der Waals surface area contributed by atoms with E-state index in [2.05, 4.69) is 217 Å².